The van der Waals surface area contributed by atoms with E-state index in [1.807, 2.05) is 60.7 Å². The topological polar surface area (TPSA) is 63.0 Å². The van der Waals surface area contributed by atoms with Crippen LogP contribution in [0.2, 0.25) is 0 Å². The molecule has 0 N–H and O–H groups in total. The van der Waals surface area contributed by atoms with E-state index in [1.54, 1.807) is 4.90 Å². The van der Waals surface area contributed by atoms with Crippen LogP contribution in [-0.4, -0.2) is 49.6 Å². The molecule has 1 aromatic heterocycles. The number of carbonyl (C=O) groups excluding carboxylic acids is 2. The number of hydrogen-bond donors (Lipinski definition) is 0. The van der Waals surface area contributed by atoms with Gasteiger partial charge in [0.1, 0.15) is 11.5 Å². The molecule has 31 heavy (non-hydrogen) atoms. The molecule has 0 unspecified atom stereocenters. The summed E-state index contributed by atoms with van der Waals surface area (Å²) in [5.74, 6) is 0.951. The predicted molar refractivity (Wildman–Crippen MR) is 119 cm³/mol. The normalized spacial score (nSPS) is 13.8. The Morgan fingerprint density at radius 1 is 0.839 bits per heavy atom. The molecule has 1 fully saturated rings. The zero-order valence-corrected chi connectivity index (χ0v) is 17.4. The molecular formula is C25H26N2O4. The summed E-state index contributed by atoms with van der Waals surface area (Å²) in [5.41, 5.74) is 2.16. The highest BCUT2D eigenvalue weighted by Crippen LogP contribution is 2.22. The monoisotopic (exact) mass is 418 g/mol. The van der Waals surface area contributed by atoms with Crippen molar-refractivity contribution in [3.8, 4) is 11.3 Å². The van der Waals surface area contributed by atoms with Crippen LogP contribution in [0.5, 0.6) is 0 Å². The van der Waals surface area contributed by atoms with Crippen LogP contribution in [0.4, 0.5) is 5.69 Å². The first kappa shape index (κ1) is 20.7. The maximum Gasteiger partial charge on any atom is 0.306 e. The van der Waals surface area contributed by atoms with Gasteiger partial charge in [-0.1, -0.05) is 48.5 Å². The zero-order chi connectivity index (χ0) is 21.5. The molecule has 6 heteroatoms. The largest absolute Gasteiger partial charge is 0.461 e. The van der Waals surface area contributed by atoms with E-state index in [0.717, 1.165) is 35.9 Å². The van der Waals surface area contributed by atoms with Gasteiger partial charge in [-0.15, -0.1) is 0 Å². The smallest absolute Gasteiger partial charge is 0.306 e. The van der Waals surface area contributed by atoms with Crippen LogP contribution in [0.25, 0.3) is 11.3 Å². The average molecular weight is 418 g/mol. The molecule has 0 aliphatic carbocycles. The number of hydrogen-bond acceptors (Lipinski definition) is 5. The summed E-state index contributed by atoms with van der Waals surface area (Å²) in [4.78, 5) is 28.5. The van der Waals surface area contributed by atoms with Gasteiger partial charge < -0.3 is 19.0 Å². The maximum atomic E-state index is 12.4. The number of esters is 1. The number of aryl methyl sites for hydroxylation is 1. The molecule has 4 rings (SSSR count). The van der Waals surface area contributed by atoms with E-state index in [0.29, 0.717) is 19.5 Å². The number of ether oxygens (including phenoxy) is 1. The fourth-order valence-corrected chi connectivity index (χ4v) is 3.65. The van der Waals surface area contributed by atoms with Gasteiger partial charge in [-0.25, -0.2) is 0 Å². The minimum absolute atomic E-state index is 0.148. The second-order valence-corrected chi connectivity index (χ2v) is 7.50. The van der Waals surface area contributed by atoms with Gasteiger partial charge in [0.2, 0.25) is 0 Å². The Morgan fingerprint density at radius 2 is 1.52 bits per heavy atom. The number of amides is 1. The zero-order valence-electron chi connectivity index (χ0n) is 17.4. The lowest BCUT2D eigenvalue weighted by Crippen LogP contribution is -2.49. The van der Waals surface area contributed by atoms with E-state index in [2.05, 4.69) is 17.0 Å². The molecule has 0 bridgehead atoms. The van der Waals surface area contributed by atoms with Gasteiger partial charge in [-0.3, -0.25) is 9.59 Å². The molecule has 160 valence electrons. The SMILES string of the molecule is O=C(CCc1ccc(-c2ccccc2)o1)OCC(=O)N1CCN(c2ccccc2)CC1. The highest BCUT2D eigenvalue weighted by molar-refractivity contribution is 5.81. The first-order chi connectivity index (χ1) is 15.2. The van der Waals surface area contributed by atoms with Crippen LogP contribution in [0, 0.1) is 0 Å². The second-order valence-electron chi connectivity index (χ2n) is 7.50. The Labute approximate surface area is 182 Å². The van der Waals surface area contributed by atoms with Gasteiger partial charge in [0.05, 0.1) is 6.42 Å². The third-order valence-corrected chi connectivity index (χ3v) is 5.41. The number of furan rings is 1. The van der Waals surface area contributed by atoms with Gasteiger partial charge in [-0.05, 0) is 24.3 Å². The molecular weight excluding hydrogens is 392 g/mol. The van der Waals surface area contributed by atoms with Crippen molar-refractivity contribution < 1.29 is 18.7 Å². The minimum atomic E-state index is -0.395. The summed E-state index contributed by atoms with van der Waals surface area (Å²) in [7, 11) is 0. The lowest BCUT2D eigenvalue weighted by Gasteiger charge is -2.36. The van der Waals surface area contributed by atoms with E-state index in [4.69, 9.17) is 9.15 Å². The molecule has 1 aliphatic rings. The molecule has 1 amide bonds. The van der Waals surface area contributed by atoms with Gasteiger partial charge in [0, 0.05) is 43.9 Å². The predicted octanol–water partition coefficient (Wildman–Crippen LogP) is 3.77. The van der Waals surface area contributed by atoms with Crippen LogP contribution < -0.4 is 4.90 Å². The number of piperazine rings is 1. The number of rotatable bonds is 7. The summed E-state index contributed by atoms with van der Waals surface area (Å²) < 4.78 is 11.0. The van der Waals surface area contributed by atoms with Gasteiger partial charge >= 0.3 is 5.97 Å². The summed E-state index contributed by atoms with van der Waals surface area (Å²) in [6.07, 6.45) is 0.617. The number of anilines is 1. The van der Waals surface area contributed by atoms with Crippen molar-refractivity contribution in [3.05, 3.63) is 78.6 Å². The standard InChI is InChI=1S/C25H26N2O4/c28-24(27-17-15-26(16-18-27)21-9-5-2-6-10-21)19-30-25(29)14-12-22-11-13-23(31-22)20-7-3-1-4-8-20/h1-11,13H,12,14-19H2. The Morgan fingerprint density at radius 3 is 2.23 bits per heavy atom. The molecule has 0 atom stereocenters. The van der Waals surface area contributed by atoms with Crippen LogP contribution in [0.3, 0.4) is 0 Å². The fraction of sp³-hybridized carbons (Fsp3) is 0.280. The first-order valence-corrected chi connectivity index (χ1v) is 10.6. The number of nitrogens with zero attached hydrogens (tertiary/aromatic N) is 2. The molecule has 3 aromatic rings. The van der Waals surface area contributed by atoms with Crippen LogP contribution in [0.1, 0.15) is 12.2 Å². The van der Waals surface area contributed by atoms with Crippen molar-refractivity contribution in [2.75, 3.05) is 37.7 Å². The van der Waals surface area contributed by atoms with Crippen molar-refractivity contribution in [2.45, 2.75) is 12.8 Å². The first-order valence-electron chi connectivity index (χ1n) is 10.6. The highest BCUT2D eigenvalue weighted by Gasteiger charge is 2.22. The van der Waals surface area contributed by atoms with Crippen molar-refractivity contribution in [2.24, 2.45) is 0 Å². The van der Waals surface area contributed by atoms with Crippen molar-refractivity contribution in [1.29, 1.82) is 0 Å². The summed E-state index contributed by atoms with van der Waals surface area (Å²) >= 11 is 0. The van der Waals surface area contributed by atoms with Crippen molar-refractivity contribution >= 4 is 17.6 Å². The Balaban J connectivity index is 1.17. The van der Waals surface area contributed by atoms with Crippen LogP contribution in [-0.2, 0) is 20.7 Å². The minimum Gasteiger partial charge on any atom is -0.461 e. The Bertz CT molecular complexity index is 993. The molecule has 2 heterocycles. The van der Waals surface area contributed by atoms with E-state index in [1.165, 1.54) is 0 Å². The molecule has 1 aliphatic heterocycles. The van der Waals surface area contributed by atoms with E-state index < -0.39 is 5.97 Å². The number of benzene rings is 2. The molecule has 0 spiro atoms. The summed E-state index contributed by atoms with van der Waals surface area (Å²) in [6, 6.07) is 23.7. The van der Waals surface area contributed by atoms with Crippen molar-refractivity contribution in [3.63, 3.8) is 0 Å². The van der Waals surface area contributed by atoms with Crippen molar-refractivity contribution in [1.82, 2.24) is 4.90 Å². The number of carbonyl (C=O) groups is 2. The quantitative estimate of drug-likeness (QED) is 0.547. The average Bonchev–Trinajstić information content (AvgIpc) is 3.31. The lowest BCUT2D eigenvalue weighted by molar-refractivity contribution is -0.152. The second kappa shape index (κ2) is 9.98. The van der Waals surface area contributed by atoms with Gasteiger partial charge in [0.25, 0.3) is 5.91 Å². The molecule has 1 saturated heterocycles. The maximum absolute atomic E-state index is 12.4. The van der Waals surface area contributed by atoms with Crippen LogP contribution >= 0.6 is 0 Å². The molecule has 0 saturated carbocycles. The summed E-state index contributed by atoms with van der Waals surface area (Å²) in [5, 5.41) is 0. The van der Waals surface area contributed by atoms with E-state index in [-0.39, 0.29) is 18.9 Å². The third kappa shape index (κ3) is 5.54. The molecule has 0 radical (unpaired) electrons. The van der Waals surface area contributed by atoms with E-state index >= 15 is 0 Å². The summed E-state index contributed by atoms with van der Waals surface area (Å²) in [6.45, 7) is 2.58. The fourth-order valence-electron chi connectivity index (χ4n) is 3.65. The van der Waals surface area contributed by atoms with Gasteiger partial charge in [0.15, 0.2) is 6.61 Å². The van der Waals surface area contributed by atoms with E-state index in [9.17, 15) is 9.59 Å². The lowest BCUT2D eigenvalue weighted by atomic mass is 10.2. The Hall–Kier alpha value is -3.54. The highest BCUT2D eigenvalue weighted by atomic mass is 16.5. The van der Waals surface area contributed by atoms with Crippen LogP contribution in [0.15, 0.2) is 77.2 Å². The number of para-hydroxylation sites is 1. The molecule has 6 nitrogen and oxygen atoms in total. The Kier molecular flexibility index (Phi) is 6.67. The van der Waals surface area contributed by atoms with Gasteiger partial charge in [-0.2, -0.15) is 0 Å². The molecule has 2 aromatic carbocycles. The third-order valence-electron chi connectivity index (χ3n) is 5.41.